The van der Waals surface area contributed by atoms with Gasteiger partial charge >= 0.3 is 0 Å². The molecule has 3 aromatic heterocycles. The zero-order valence-electron chi connectivity index (χ0n) is 22.0. The predicted molar refractivity (Wildman–Crippen MR) is 147 cm³/mol. The van der Waals surface area contributed by atoms with Crippen LogP contribution in [0.5, 0.6) is 5.75 Å². The molecule has 0 unspecified atom stereocenters. The van der Waals surface area contributed by atoms with Gasteiger partial charge in [-0.05, 0) is 26.0 Å². The Balaban J connectivity index is 1.59. The molecule has 4 aromatic rings. The fourth-order valence-electron chi connectivity index (χ4n) is 4.63. The van der Waals surface area contributed by atoms with Crippen molar-refractivity contribution in [1.29, 1.82) is 0 Å². The highest BCUT2D eigenvalue weighted by Gasteiger charge is 2.22. The van der Waals surface area contributed by atoms with Gasteiger partial charge in [0.25, 0.3) is 11.1 Å². The SMILES string of the molecule is C=CCn1c(=O)c2cnc(Nc3cc(F)c(N4CCNCC4)c(OC)c3)nc2n1-c1ccc(=O)n(C(C)C)n1. The lowest BCUT2D eigenvalue weighted by molar-refractivity contribution is 0.409. The van der Waals surface area contributed by atoms with E-state index in [0.29, 0.717) is 36.0 Å². The van der Waals surface area contributed by atoms with Gasteiger partial charge in [-0.2, -0.15) is 4.98 Å². The molecule has 1 aromatic carbocycles. The molecule has 39 heavy (non-hydrogen) atoms. The number of hydrogen-bond acceptors (Lipinski definition) is 9. The largest absolute Gasteiger partial charge is 0.494 e. The van der Waals surface area contributed by atoms with Crippen LogP contribution in [-0.4, -0.2) is 62.4 Å². The number of aromatic nitrogens is 6. The molecule has 0 atom stereocenters. The molecule has 0 aliphatic carbocycles. The Bertz CT molecular complexity index is 1650. The molecular weight excluding hydrogens is 505 g/mol. The van der Waals surface area contributed by atoms with Crippen molar-refractivity contribution in [2.24, 2.45) is 0 Å². The molecule has 0 saturated carbocycles. The molecule has 0 spiro atoms. The predicted octanol–water partition coefficient (Wildman–Crippen LogP) is 2.21. The minimum absolute atomic E-state index is 0.139. The monoisotopic (exact) mass is 535 g/mol. The molecule has 1 aliphatic rings. The fraction of sp³-hybridized carbons (Fsp3) is 0.346. The minimum Gasteiger partial charge on any atom is -0.494 e. The number of piperazine rings is 1. The first-order valence-corrected chi connectivity index (χ1v) is 12.6. The third-order valence-corrected chi connectivity index (χ3v) is 6.43. The number of benzene rings is 1. The first-order valence-electron chi connectivity index (χ1n) is 12.6. The van der Waals surface area contributed by atoms with Crippen LogP contribution in [0.15, 0.2) is 52.7 Å². The van der Waals surface area contributed by atoms with Crippen LogP contribution in [0.25, 0.3) is 16.9 Å². The lowest BCUT2D eigenvalue weighted by Gasteiger charge is -2.31. The van der Waals surface area contributed by atoms with Crippen LogP contribution in [0.1, 0.15) is 19.9 Å². The fourth-order valence-corrected chi connectivity index (χ4v) is 4.63. The van der Waals surface area contributed by atoms with Crippen molar-refractivity contribution < 1.29 is 9.13 Å². The van der Waals surface area contributed by atoms with E-state index in [-0.39, 0.29) is 40.7 Å². The molecule has 1 aliphatic heterocycles. The number of anilines is 3. The molecule has 13 heteroatoms. The van der Waals surface area contributed by atoms with Crippen molar-refractivity contribution >= 4 is 28.4 Å². The van der Waals surface area contributed by atoms with Crippen LogP contribution in [-0.2, 0) is 6.54 Å². The molecule has 0 radical (unpaired) electrons. The summed E-state index contributed by atoms with van der Waals surface area (Å²) in [5, 5.41) is 11.0. The van der Waals surface area contributed by atoms with Crippen molar-refractivity contribution in [2.75, 3.05) is 43.5 Å². The van der Waals surface area contributed by atoms with E-state index in [1.807, 2.05) is 18.7 Å². The van der Waals surface area contributed by atoms with E-state index < -0.39 is 5.82 Å². The average molecular weight is 536 g/mol. The van der Waals surface area contributed by atoms with Gasteiger partial charge in [-0.3, -0.25) is 9.59 Å². The quantitative estimate of drug-likeness (QED) is 0.327. The van der Waals surface area contributed by atoms with E-state index in [4.69, 9.17) is 4.74 Å². The van der Waals surface area contributed by atoms with Gasteiger partial charge in [0.15, 0.2) is 17.3 Å². The van der Waals surface area contributed by atoms with Gasteiger partial charge in [-0.15, -0.1) is 11.7 Å². The number of methoxy groups -OCH3 is 1. The second-order valence-corrected chi connectivity index (χ2v) is 9.36. The molecule has 2 N–H and O–H groups in total. The summed E-state index contributed by atoms with van der Waals surface area (Å²) in [7, 11) is 1.50. The van der Waals surface area contributed by atoms with Gasteiger partial charge in [0.05, 0.1) is 19.7 Å². The molecule has 0 amide bonds. The number of hydrogen-bond donors (Lipinski definition) is 2. The van der Waals surface area contributed by atoms with Gasteiger partial charge in [-0.1, -0.05) is 6.08 Å². The van der Waals surface area contributed by atoms with E-state index in [1.165, 1.54) is 45.6 Å². The maximum atomic E-state index is 15.3. The summed E-state index contributed by atoms with van der Waals surface area (Å²) in [6.07, 6.45) is 2.99. The summed E-state index contributed by atoms with van der Waals surface area (Å²) in [6.45, 7) is 10.5. The van der Waals surface area contributed by atoms with Crippen molar-refractivity contribution in [3.8, 4) is 11.6 Å². The van der Waals surface area contributed by atoms with Crippen LogP contribution in [0.3, 0.4) is 0 Å². The lowest BCUT2D eigenvalue weighted by Crippen LogP contribution is -2.44. The molecule has 1 saturated heterocycles. The second-order valence-electron chi connectivity index (χ2n) is 9.36. The van der Waals surface area contributed by atoms with Crippen molar-refractivity contribution in [3.63, 3.8) is 0 Å². The van der Waals surface area contributed by atoms with Crippen molar-refractivity contribution in [1.82, 2.24) is 34.4 Å². The number of allylic oxidation sites excluding steroid dienone is 1. The van der Waals surface area contributed by atoms with Crippen LogP contribution in [0.2, 0.25) is 0 Å². The lowest BCUT2D eigenvalue weighted by atomic mass is 10.2. The summed E-state index contributed by atoms with van der Waals surface area (Å²) in [6, 6.07) is 5.78. The Morgan fingerprint density at radius 2 is 2.00 bits per heavy atom. The Morgan fingerprint density at radius 1 is 1.23 bits per heavy atom. The van der Waals surface area contributed by atoms with E-state index in [0.717, 1.165) is 13.1 Å². The zero-order chi connectivity index (χ0) is 27.7. The molecule has 0 bridgehead atoms. The highest BCUT2D eigenvalue weighted by atomic mass is 19.1. The van der Waals surface area contributed by atoms with Gasteiger partial charge in [0.2, 0.25) is 5.95 Å². The van der Waals surface area contributed by atoms with Gasteiger partial charge in [-0.25, -0.2) is 23.4 Å². The molecule has 5 rings (SSSR count). The molecule has 12 nitrogen and oxygen atoms in total. The third-order valence-electron chi connectivity index (χ3n) is 6.43. The molecule has 1 fully saturated rings. The molecule has 204 valence electrons. The van der Waals surface area contributed by atoms with Crippen molar-refractivity contribution in [3.05, 3.63) is 69.6 Å². The number of rotatable bonds is 8. The van der Waals surface area contributed by atoms with Crippen LogP contribution >= 0.6 is 0 Å². The van der Waals surface area contributed by atoms with Crippen molar-refractivity contribution in [2.45, 2.75) is 26.4 Å². The average Bonchev–Trinajstić information content (AvgIpc) is 3.19. The highest BCUT2D eigenvalue weighted by molar-refractivity contribution is 5.77. The summed E-state index contributed by atoms with van der Waals surface area (Å²) < 4.78 is 25.1. The molecular formula is C26H30FN9O3. The Kier molecular flexibility index (Phi) is 7.15. The number of ether oxygens (including phenoxy) is 1. The van der Waals surface area contributed by atoms with E-state index in [9.17, 15) is 9.59 Å². The van der Waals surface area contributed by atoms with Gasteiger partial charge < -0.3 is 20.3 Å². The van der Waals surface area contributed by atoms with Gasteiger partial charge in [0, 0.05) is 50.2 Å². The Labute approximate surface area is 223 Å². The summed E-state index contributed by atoms with van der Waals surface area (Å²) in [5.41, 5.74) is 0.454. The normalized spacial score (nSPS) is 13.7. The number of halogens is 1. The van der Waals surface area contributed by atoms with Crippen LogP contribution in [0.4, 0.5) is 21.7 Å². The Hall–Kier alpha value is -4.52. The van der Waals surface area contributed by atoms with Gasteiger partial charge in [0.1, 0.15) is 16.8 Å². The maximum absolute atomic E-state index is 15.3. The summed E-state index contributed by atoms with van der Waals surface area (Å²) in [4.78, 5) is 36.3. The maximum Gasteiger partial charge on any atom is 0.278 e. The third kappa shape index (κ3) is 4.88. The zero-order valence-corrected chi connectivity index (χ0v) is 22.0. The number of nitrogens with one attached hydrogen (secondary N) is 2. The van der Waals surface area contributed by atoms with Crippen LogP contribution in [0, 0.1) is 5.82 Å². The van der Waals surface area contributed by atoms with Crippen LogP contribution < -0.4 is 31.4 Å². The minimum atomic E-state index is -0.436. The highest BCUT2D eigenvalue weighted by Crippen LogP contribution is 2.35. The second kappa shape index (κ2) is 10.7. The Morgan fingerprint density at radius 3 is 2.69 bits per heavy atom. The smallest absolute Gasteiger partial charge is 0.278 e. The van der Waals surface area contributed by atoms with E-state index in [1.54, 1.807) is 12.1 Å². The topological polar surface area (TPSA) is 124 Å². The summed E-state index contributed by atoms with van der Waals surface area (Å²) in [5.74, 6) is 0.416. The van der Waals surface area contributed by atoms with E-state index >= 15 is 4.39 Å². The first-order chi connectivity index (χ1) is 18.8. The number of fused-ring (bicyclic) bond motifs is 1. The standard InChI is InChI=1S/C26H30FN9O3/c1-5-10-34-25(38)18-15-29-26(31-24(18)36(34)21-6-7-22(37)35(32-21)16(2)3)30-17-13-19(27)23(20(14-17)39-4)33-11-8-28-9-12-33/h5-7,13-16,28H,1,8-12H2,2-4H3,(H,29,30,31). The first kappa shape index (κ1) is 26.1. The summed E-state index contributed by atoms with van der Waals surface area (Å²) >= 11 is 0. The van der Waals surface area contributed by atoms with E-state index in [2.05, 4.69) is 32.3 Å². The molecule has 4 heterocycles. The number of nitrogens with zero attached hydrogens (tertiary/aromatic N) is 7.